The van der Waals surface area contributed by atoms with Crippen LogP contribution in [0.25, 0.3) is 0 Å². The maximum Gasteiger partial charge on any atom is 0.264 e. The van der Waals surface area contributed by atoms with Gasteiger partial charge in [0.05, 0.1) is 18.2 Å². The molecule has 0 radical (unpaired) electrons. The van der Waals surface area contributed by atoms with E-state index in [0.717, 1.165) is 0 Å². The van der Waals surface area contributed by atoms with E-state index in [4.69, 9.17) is 5.26 Å². The van der Waals surface area contributed by atoms with Crippen molar-refractivity contribution >= 4 is 0 Å². The van der Waals surface area contributed by atoms with Crippen molar-refractivity contribution in [2.45, 2.75) is 26.7 Å². The third kappa shape index (κ3) is 2.05. The van der Waals surface area contributed by atoms with Crippen LogP contribution in [-0.4, -0.2) is 4.98 Å². The Morgan fingerprint density at radius 3 is 2.64 bits per heavy atom. The Hall–Kier alpha value is -1.50. The molecule has 2 nitrogen and oxygen atoms in total. The molecule has 0 bridgehead atoms. The Bertz CT molecular complexity index is 380. The SMILES string of the molecule is Cc1cc(C(F)F)c(C)c(CC#N)n1. The molecule has 0 unspecified atom stereocenters. The maximum atomic E-state index is 12.5. The molecule has 0 amide bonds. The minimum absolute atomic E-state index is 0.0252. The third-order valence-electron chi connectivity index (χ3n) is 2.02. The van der Waals surface area contributed by atoms with Crippen molar-refractivity contribution in [2.75, 3.05) is 0 Å². The van der Waals surface area contributed by atoms with Crippen LogP contribution in [0.4, 0.5) is 8.78 Å². The molecule has 0 fully saturated rings. The number of aryl methyl sites for hydroxylation is 1. The molecule has 74 valence electrons. The number of nitriles is 1. The predicted octanol–water partition coefficient (Wildman–Crippen LogP) is 2.70. The zero-order valence-electron chi connectivity index (χ0n) is 8.01. The standard InChI is InChI=1S/C10H10F2N2/c1-6-5-8(10(11)12)7(2)9(14-6)3-4-13/h5,10H,3H2,1-2H3. The van der Waals surface area contributed by atoms with Crippen LogP contribution in [0.5, 0.6) is 0 Å². The van der Waals surface area contributed by atoms with E-state index >= 15 is 0 Å². The van der Waals surface area contributed by atoms with Crippen molar-refractivity contribution in [3.8, 4) is 6.07 Å². The molecule has 1 rings (SSSR count). The number of halogens is 2. The van der Waals surface area contributed by atoms with Gasteiger partial charge in [0.1, 0.15) is 0 Å². The summed E-state index contributed by atoms with van der Waals surface area (Å²) in [6, 6.07) is 3.27. The largest absolute Gasteiger partial charge is 0.264 e. The second-order valence-corrected chi connectivity index (χ2v) is 3.06. The summed E-state index contributed by atoms with van der Waals surface area (Å²) >= 11 is 0. The van der Waals surface area contributed by atoms with Crippen LogP contribution in [0.2, 0.25) is 0 Å². The van der Waals surface area contributed by atoms with Crippen LogP contribution in [0.15, 0.2) is 6.07 Å². The molecule has 14 heavy (non-hydrogen) atoms. The quantitative estimate of drug-likeness (QED) is 0.729. The Kier molecular flexibility index (Phi) is 3.13. The van der Waals surface area contributed by atoms with Crippen molar-refractivity contribution in [2.24, 2.45) is 0 Å². The lowest BCUT2D eigenvalue weighted by Gasteiger charge is -2.09. The second-order valence-electron chi connectivity index (χ2n) is 3.06. The normalized spacial score (nSPS) is 10.3. The first-order chi connectivity index (χ1) is 6.56. The van der Waals surface area contributed by atoms with E-state index in [1.165, 1.54) is 6.07 Å². The molecule has 0 aromatic carbocycles. The van der Waals surface area contributed by atoms with Gasteiger partial charge in [-0.15, -0.1) is 0 Å². The molecule has 1 heterocycles. The number of alkyl halides is 2. The van der Waals surface area contributed by atoms with E-state index in [2.05, 4.69) is 4.98 Å². The molecule has 0 aliphatic heterocycles. The number of hydrogen-bond acceptors (Lipinski definition) is 2. The molecule has 0 saturated carbocycles. The minimum Gasteiger partial charge on any atom is -0.257 e. The Morgan fingerprint density at radius 2 is 2.14 bits per heavy atom. The Morgan fingerprint density at radius 1 is 1.50 bits per heavy atom. The maximum absolute atomic E-state index is 12.5. The van der Waals surface area contributed by atoms with Crippen molar-refractivity contribution in [1.82, 2.24) is 4.98 Å². The lowest BCUT2D eigenvalue weighted by Crippen LogP contribution is -2.01. The Labute approximate surface area is 81.2 Å². The lowest BCUT2D eigenvalue weighted by atomic mass is 10.1. The summed E-state index contributed by atoms with van der Waals surface area (Å²) in [4.78, 5) is 4.05. The van der Waals surface area contributed by atoms with Gasteiger partial charge in [0.25, 0.3) is 6.43 Å². The highest BCUT2D eigenvalue weighted by molar-refractivity contribution is 5.33. The first kappa shape index (κ1) is 10.6. The van der Waals surface area contributed by atoms with Crippen LogP contribution >= 0.6 is 0 Å². The highest BCUT2D eigenvalue weighted by Gasteiger charge is 2.14. The van der Waals surface area contributed by atoms with Gasteiger partial charge in [-0.2, -0.15) is 5.26 Å². The molecule has 0 aliphatic carbocycles. The van der Waals surface area contributed by atoms with Gasteiger partial charge in [-0.1, -0.05) is 0 Å². The molecule has 0 spiro atoms. The summed E-state index contributed by atoms with van der Waals surface area (Å²) in [6.45, 7) is 3.22. The summed E-state index contributed by atoms with van der Waals surface area (Å²) in [5.74, 6) is 0. The average molecular weight is 196 g/mol. The fourth-order valence-electron chi connectivity index (χ4n) is 1.30. The van der Waals surface area contributed by atoms with Crippen LogP contribution in [-0.2, 0) is 6.42 Å². The van der Waals surface area contributed by atoms with E-state index in [9.17, 15) is 8.78 Å². The first-order valence-corrected chi connectivity index (χ1v) is 4.18. The number of rotatable bonds is 2. The number of hydrogen-bond donors (Lipinski definition) is 0. The first-order valence-electron chi connectivity index (χ1n) is 4.18. The van der Waals surface area contributed by atoms with E-state index in [-0.39, 0.29) is 12.0 Å². The highest BCUT2D eigenvalue weighted by Crippen LogP contribution is 2.24. The average Bonchev–Trinajstić information content (AvgIpc) is 2.10. The number of aromatic nitrogens is 1. The van der Waals surface area contributed by atoms with Crippen molar-refractivity contribution < 1.29 is 8.78 Å². The van der Waals surface area contributed by atoms with Crippen molar-refractivity contribution in [3.05, 3.63) is 28.6 Å². The lowest BCUT2D eigenvalue weighted by molar-refractivity contribution is 0.150. The van der Waals surface area contributed by atoms with Gasteiger partial charge in [0.15, 0.2) is 0 Å². The molecular weight excluding hydrogens is 186 g/mol. The zero-order valence-corrected chi connectivity index (χ0v) is 8.01. The predicted molar refractivity (Wildman–Crippen MR) is 48.0 cm³/mol. The molecule has 0 aliphatic rings. The van der Waals surface area contributed by atoms with E-state index in [1.807, 2.05) is 6.07 Å². The fourth-order valence-corrected chi connectivity index (χ4v) is 1.30. The van der Waals surface area contributed by atoms with Gasteiger partial charge >= 0.3 is 0 Å². The molecule has 0 N–H and O–H groups in total. The molecule has 1 aromatic heterocycles. The molecular formula is C10H10F2N2. The highest BCUT2D eigenvalue weighted by atomic mass is 19.3. The zero-order chi connectivity index (χ0) is 10.7. The summed E-state index contributed by atoms with van der Waals surface area (Å²) in [6.07, 6.45) is -2.43. The van der Waals surface area contributed by atoms with Gasteiger partial charge in [-0.25, -0.2) is 8.78 Å². The van der Waals surface area contributed by atoms with Gasteiger partial charge in [0, 0.05) is 11.3 Å². The van der Waals surface area contributed by atoms with Gasteiger partial charge in [-0.05, 0) is 25.5 Å². The summed E-state index contributed by atoms with van der Waals surface area (Å²) < 4.78 is 25.0. The van der Waals surface area contributed by atoms with Crippen LogP contribution < -0.4 is 0 Å². The fraction of sp³-hybridized carbons (Fsp3) is 0.400. The van der Waals surface area contributed by atoms with Gasteiger partial charge in [-0.3, -0.25) is 4.98 Å². The summed E-state index contributed by atoms with van der Waals surface area (Å²) in [5.41, 5.74) is 1.37. The number of pyridine rings is 1. The second kappa shape index (κ2) is 4.14. The third-order valence-corrected chi connectivity index (χ3v) is 2.02. The van der Waals surface area contributed by atoms with E-state index < -0.39 is 6.43 Å². The number of nitrogens with zero attached hydrogens (tertiary/aromatic N) is 2. The summed E-state index contributed by atoms with van der Waals surface area (Å²) in [5, 5.41) is 8.49. The monoisotopic (exact) mass is 196 g/mol. The molecule has 4 heteroatoms. The van der Waals surface area contributed by atoms with E-state index in [0.29, 0.717) is 17.0 Å². The Balaban J connectivity index is 3.26. The smallest absolute Gasteiger partial charge is 0.257 e. The van der Waals surface area contributed by atoms with Crippen molar-refractivity contribution in [1.29, 1.82) is 5.26 Å². The van der Waals surface area contributed by atoms with Crippen LogP contribution in [0, 0.1) is 25.2 Å². The molecule has 0 saturated heterocycles. The van der Waals surface area contributed by atoms with Crippen molar-refractivity contribution in [3.63, 3.8) is 0 Å². The molecule has 0 atom stereocenters. The van der Waals surface area contributed by atoms with E-state index in [1.54, 1.807) is 13.8 Å². The minimum atomic E-state index is -2.51. The molecule has 1 aromatic rings. The van der Waals surface area contributed by atoms with Crippen LogP contribution in [0.1, 0.15) is 28.9 Å². The van der Waals surface area contributed by atoms with Crippen LogP contribution in [0.3, 0.4) is 0 Å². The van der Waals surface area contributed by atoms with Gasteiger partial charge in [0.2, 0.25) is 0 Å². The topological polar surface area (TPSA) is 36.7 Å². The summed E-state index contributed by atoms with van der Waals surface area (Å²) in [7, 11) is 0. The van der Waals surface area contributed by atoms with Gasteiger partial charge < -0.3 is 0 Å².